The maximum absolute atomic E-state index is 5.95. The highest BCUT2D eigenvalue weighted by atomic mass is 16.5. The Morgan fingerprint density at radius 2 is 1.85 bits per heavy atom. The summed E-state index contributed by atoms with van der Waals surface area (Å²) < 4.78 is 11.2. The lowest BCUT2D eigenvalue weighted by atomic mass is 10.1. The van der Waals surface area contributed by atoms with Crippen LogP contribution in [0.4, 0.5) is 5.69 Å². The number of rotatable bonds is 5. The van der Waals surface area contributed by atoms with E-state index >= 15 is 0 Å². The van der Waals surface area contributed by atoms with Gasteiger partial charge in [0.05, 0.1) is 7.11 Å². The molecule has 20 heavy (non-hydrogen) atoms. The van der Waals surface area contributed by atoms with Crippen molar-refractivity contribution in [1.29, 1.82) is 0 Å². The summed E-state index contributed by atoms with van der Waals surface area (Å²) in [5.41, 5.74) is 4.59. The van der Waals surface area contributed by atoms with E-state index in [9.17, 15) is 0 Å². The first kappa shape index (κ1) is 14.3. The molecule has 3 heteroatoms. The average Bonchev–Trinajstić information content (AvgIpc) is 2.46. The van der Waals surface area contributed by atoms with E-state index in [-0.39, 0.29) is 0 Å². The van der Waals surface area contributed by atoms with Crippen LogP contribution in [-0.4, -0.2) is 14.2 Å². The molecule has 0 saturated carbocycles. The second-order valence-electron chi connectivity index (χ2n) is 4.77. The topological polar surface area (TPSA) is 30.5 Å². The Balaban J connectivity index is 2.17. The molecule has 0 unspecified atom stereocenters. The average molecular weight is 271 g/mol. The zero-order valence-corrected chi connectivity index (χ0v) is 12.5. The van der Waals surface area contributed by atoms with Crippen LogP contribution in [0.15, 0.2) is 36.4 Å². The second kappa shape index (κ2) is 6.33. The van der Waals surface area contributed by atoms with Crippen LogP contribution in [0.1, 0.15) is 16.7 Å². The summed E-state index contributed by atoms with van der Waals surface area (Å²) in [6.45, 7) is 4.67. The second-order valence-corrected chi connectivity index (χ2v) is 4.77. The van der Waals surface area contributed by atoms with Gasteiger partial charge in [-0.15, -0.1) is 0 Å². The molecule has 0 heterocycles. The largest absolute Gasteiger partial charge is 0.497 e. The summed E-state index contributed by atoms with van der Waals surface area (Å²) in [4.78, 5) is 0. The number of hydrogen-bond acceptors (Lipinski definition) is 3. The SMILES string of the molecule is CNc1cccc(C)c1COc1ccc(OC)cc1C. The van der Waals surface area contributed by atoms with Gasteiger partial charge in [-0.2, -0.15) is 0 Å². The molecule has 3 nitrogen and oxygen atoms in total. The molecule has 2 rings (SSSR count). The van der Waals surface area contributed by atoms with Gasteiger partial charge in [-0.25, -0.2) is 0 Å². The van der Waals surface area contributed by atoms with Crippen molar-refractivity contribution < 1.29 is 9.47 Å². The number of ether oxygens (including phenoxy) is 2. The van der Waals surface area contributed by atoms with E-state index in [1.807, 2.05) is 38.2 Å². The van der Waals surface area contributed by atoms with Crippen LogP contribution in [0.2, 0.25) is 0 Å². The minimum atomic E-state index is 0.552. The lowest BCUT2D eigenvalue weighted by molar-refractivity contribution is 0.303. The van der Waals surface area contributed by atoms with E-state index in [4.69, 9.17) is 9.47 Å². The van der Waals surface area contributed by atoms with Gasteiger partial charge in [0.25, 0.3) is 0 Å². The molecule has 0 aliphatic heterocycles. The van der Waals surface area contributed by atoms with Gasteiger partial charge in [-0.3, -0.25) is 0 Å². The summed E-state index contributed by atoms with van der Waals surface area (Å²) in [6, 6.07) is 12.0. The van der Waals surface area contributed by atoms with Crippen LogP contribution in [0.25, 0.3) is 0 Å². The van der Waals surface area contributed by atoms with E-state index in [1.54, 1.807) is 7.11 Å². The summed E-state index contributed by atoms with van der Waals surface area (Å²) in [7, 11) is 3.60. The Bertz CT molecular complexity index is 594. The van der Waals surface area contributed by atoms with Crippen molar-refractivity contribution in [2.75, 3.05) is 19.5 Å². The Hall–Kier alpha value is -2.16. The lowest BCUT2D eigenvalue weighted by Gasteiger charge is -2.15. The molecular formula is C17H21NO2. The van der Waals surface area contributed by atoms with E-state index in [2.05, 4.69) is 24.4 Å². The predicted octanol–water partition coefficient (Wildman–Crippen LogP) is 3.93. The third kappa shape index (κ3) is 3.05. The molecule has 0 saturated heterocycles. The molecule has 0 spiro atoms. The molecule has 0 fully saturated rings. The first-order valence-corrected chi connectivity index (χ1v) is 6.69. The van der Waals surface area contributed by atoms with Crippen molar-refractivity contribution in [2.45, 2.75) is 20.5 Å². The summed E-state index contributed by atoms with van der Waals surface area (Å²) in [5, 5.41) is 3.21. The van der Waals surface area contributed by atoms with Gasteiger partial charge >= 0.3 is 0 Å². The van der Waals surface area contributed by atoms with Crippen LogP contribution >= 0.6 is 0 Å². The fraction of sp³-hybridized carbons (Fsp3) is 0.294. The van der Waals surface area contributed by atoms with Gasteiger partial charge in [0, 0.05) is 18.3 Å². The Morgan fingerprint density at radius 3 is 2.50 bits per heavy atom. The number of anilines is 1. The number of methoxy groups -OCH3 is 1. The van der Waals surface area contributed by atoms with E-state index in [1.165, 1.54) is 11.1 Å². The van der Waals surface area contributed by atoms with Crippen molar-refractivity contribution in [3.63, 3.8) is 0 Å². The zero-order valence-electron chi connectivity index (χ0n) is 12.5. The fourth-order valence-corrected chi connectivity index (χ4v) is 2.19. The third-order valence-electron chi connectivity index (χ3n) is 3.43. The minimum absolute atomic E-state index is 0.552. The number of hydrogen-bond donors (Lipinski definition) is 1. The molecule has 0 atom stereocenters. The fourth-order valence-electron chi connectivity index (χ4n) is 2.19. The van der Waals surface area contributed by atoms with Crippen LogP contribution in [0.5, 0.6) is 11.5 Å². The van der Waals surface area contributed by atoms with Crippen molar-refractivity contribution in [3.05, 3.63) is 53.1 Å². The van der Waals surface area contributed by atoms with Gasteiger partial charge in [-0.05, 0) is 49.2 Å². The Labute approximate surface area is 120 Å². The van der Waals surface area contributed by atoms with Crippen LogP contribution in [0.3, 0.4) is 0 Å². The van der Waals surface area contributed by atoms with Crippen molar-refractivity contribution in [3.8, 4) is 11.5 Å². The van der Waals surface area contributed by atoms with Crippen LogP contribution < -0.4 is 14.8 Å². The van der Waals surface area contributed by atoms with E-state index in [0.717, 1.165) is 22.7 Å². The van der Waals surface area contributed by atoms with Crippen molar-refractivity contribution in [1.82, 2.24) is 0 Å². The standard InChI is InChI=1S/C17H21NO2/c1-12-6-5-7-16(18-3)15(12)11-20-17-9-8-14(19-4)10-13(17)2/h5-10,18H,11H2,1-4H3. The maximum atomic E-state index is 5.95. The quantitative estimate of drug-likeness (QED) is 0.893. The summed E-state index contributed by atoms with van der Waals surface area (Å²) in [5.74, 6) is 1.73. The van der Waals surface area contributed by atoms with E-state index in [0.29, 0.717) is 6.61 Å². The molecule has 0 bridgehead atoms. The first-order valence-electron chi connectivity index (χ1n) is 6.69. The van der Waals surface area contributed by atoms with Gasteiger partial charge in [-0.1, -0.05) is 12.1 Å². The number of aryl methyl sites for hydroxylation is 2. The minimum Gasteiger partial charge on any atom is -0.497 e. The van der Waals surface area contributed by atoms with Crippen molar-refractivity contribution in [2.24, 2.45) is 0 Å². The highest BCUT2D eigenvalue weighted by Crippen LogP contribution is 2.26. The highest BCUT2D eigenvalue weighted by Gasteiger charge is 2.07. The molecule has 0 amide bonds. The van der Waals surface area contributed by atoms with Gasteiger partial charge in [0.15, 0.2) is 0 Å². The van der Waals surface area contributed by atoms with E-state index < -0.39 is 0 Å². The Morgan fingerprint density at radius 1 is 1.05 bits per heavy atom. The Kier molecular flexibility index (Phi) is 4.51. The monoisotopic (exact) mass is 271 g/mol. The number of benzene rings is 2. The molecular weight excluding hydrogens is 250 g/mol. The summed E-state index contributed by atoms with van der Waals surface area (Å²) >= 11 is 0. The van der Waals surface area contributed by atoms with Crippen molar-refractivity contribution >= 4 is 5.69 Å². The predicted molar refractivity (Wildman–Crippen MR) is 82.8 cm³/mol. The van der Waals surface area contributed by atoms with Crippen LogP contribution in [-0.2, 0) is 6.61 Å². The van der Waals surface area contributed by atoms with Gasteiger partial charge in [0.1, 0.15) is 18.1 Å². The lowest BCUT2D eigenvalue weighted by Crippen LogP contribution is -2.03. The summed E-state index contributed by atoms with van der Waals surface area (Å²) in [6.07, 6.45) is 0. The smallest absolute Gasteiger partial charge is 0.122 e. The molecule has 106 valence electrons. The molecule has 1 N–H and O–H groups in total. The van der Waals surface area contributed by atoms with Crippen LogP contribution in [0, 0.1) is 13.8 Å². The molecule has 2 aromatic carbocycles. The van der Waals surface area contributed by atoms with Gasteiger partial charge in [0.2, 0.25) is 0 Å². The highest BCUT2D eigenvalue weighted by molar-refractivity contribution is 5.54. The van der Waals surface area contributed by atoms with Gasteiger partial charge < -0.3 is 14.8 Å². The molecule has 0 aliphatic carbocycles. The molecule has 0 aliphatic rings. The third-order valence-corrected chi connectivity index (χ3v) is 3.43. The number of nitrogens with one attached hydrogen (secondary N) is 1. The first-order chi connectivity index (χ1) is 9.65. The maximum Gasteiger partial charge on any atom is 0.122 e. The molecule has 0 aromatic heterocycles. The zero-order chi connectivity index (χ0) is 14.5. The molecule has 0 radical (unpaired) electrons. The normalized spacial score (nSPS) is 10.2. The molecule has 2 aromatic rings.